The Bertz CT molecular complexity index is 280. The van der Waals surface area contributed by atoms with Crippen LogP contribution in [0.3, 0.4) is 0 Å². The van der Waals surface area contributed by atoms with Crippen LogP contribution in [0.25, 0.3) is 0 Å². The van der Waals surface area contributed by atoms with E-state index in [2.05, 4.69) is 22.6 Å². The predicted molar refractivity (Wildman–Crippen MR) is 73.7 cm³/mol. The quantitative estimate of drug-likeness (QED) is 0.351. The molecule has 0 saturated carbocycles. The van der Waals surface area contributed by atoms with E-state index in [1.165, 1.54) is 6.92 Å². The Balaban J connectivity index is 3.97. The van der Waals surface area contributed by atoms with E-state index in [0.717, 1.165) is 12.0 Å². The molecule has 0 radical (unpaired) electrons. The average Bonchev–Trinajstić information content (AvgIpc) is 2.17. The highest BCUT2D eigenvalue weighted by Gasteiger charge is 2.12. The Morgan fingerprint density at radius 1 is 1.50 bits per heavy atom. The van der Waals surface area contributed by atoms with Gasteiger partial charge < -0.3 is 9.84 Å². The predicted octanol–water partition coefficient (Wildman–Crippen LogP) is 2.63. The zero-order chi connectivity index (χ0) is 12.6. The molecule has 1 atom stereocenters. The van der Waals surface area contributed by atoms with Crippen molar-refractivity contribution in [2.45, 2.75) is 32.8 Å². The van der Waals surface area contributed by atoms with Gasteiger partial charge in [-0.2, -0.15) is 0 Å². The van der Waals surface area contributed by atoms with Gasteiger partial charge in [-0.25, -0.2) is 0 Å². The number of carbonyl (C=O) groups excluding carboxylic acids is 1. The van der Waals surface area contributed by atoms with Crippen LogP contribution in [0, 0.1) is 0 Å². The molecule has 0 spiro atoms. The molecule has 0 amide bonds. The summed E-state index contributed by atoms with van der Waals surface area (Å²) >= 11 is 2.14. The van der Waals surface area contributed by atoms with Crippen molar-refractivity contribution in [3.8, 4) is 0 Å². The fraction of sp³-hybridized carbons (Fsp3) is 0.583. The van der Waals surface area contributed by atoms with Gasteiger partial charge in [0.25, 0.3) is 0 Å². The Morgan fingerprint density at radius 3 is 2.62 bits per heavy atom. The summed E-state index contributed by atoms with van der Waals surface area (Å²) in [6, 6.07) is 0. The monoisotopic (exact) mass is 338 g/mol. The molecule has 1 unspecified atom stereocenters. The fourth-order valence-electron chi connectivity index (χ4n) is 0.928. The number of carbonyl (C=O) groups is 1. The van der Waals surface area contributed by atoms with E-state index in [4.69, 9.17) is 4.74 Å². The standard InChI is InChI=1S/C12H19IO3/c1-10(6-8-16-11(2)14)5-4-7-12(3,15)9-13/h4,6-7,15H,5,8-9H2,1-3H3/b7-4+,10-6+. The molecule has 0 aromatic rings. The van der Waals surface area contributed by atoms with Gasteiger partial charge in [-0.15, -0.1) is 0 Å². The molecule has 92 valence electrons. The molecule has 0 fully saturated rings. The number of allylic oxidation sites excluding steroid dienone is 2. The van der Waals surface area contributed by atoms with Gasteiger partial charge in [-0.1, -0.05) is 40.3 Å². The first kappa shape index (κ1) is 15.6. The smallest absolute Gasteiger partial charge is 0.302 e. The van der Waals surface area contributed by atoms with Crippen molar-refractivity contribution in [1.29, 1.82) is 0 Å². The second-order valence-electron chi connectivity index (χ2n) is 3.95. The molecule has 0 aliphatic rings. The Kier molecular flexibility index (Phi) is 7.66. The average molecular weight is 338 g/mol. The summed E-state index contributed by atoms with van der Waals surface area (Å²) in [5.41, 5.74) is 0.373. The minimum atomic E-state index is -0.739. The third-order valence-corrected chi connectivity index (χ3v) is 3.45. The number of hydrogen-bond donors (Lipinski definition) is 1. The summed E-state index contributed by atoms with van der Waals surface area (Å²) in [7, 11) is 0. The first-order valence-corrected chi connectivity index (χ1v) is 6.65. The third-order valence-electron chi connectivity index (χ3n) is 1.91. The van der Waals surface area contributed by atoms with Gasteiger partial charge in [-0.3, -0.25) is 4.79 Å². The number of ether oxygens (including phenoxy) is 1. The summed E-state index contributed by atoms with van der Waals surface area (Å²) in [4.78, 5) is 10.5. The molecule has 0 aromatic heterocycles. The molecule has 0 heterocycles. The van der Waals surface area contributed by atoms with Crippen LogP contribution in [0.4, 0.5) is 0 Å². The summed E-state index contributed by atoms with van der Waals surface area (Å²) in [5, 5.41) is 9.70. The van der Waals surface area contributed by atoms with Crippen molar-refractivity contribution < 1.29 is 14.6 Å². The lowest BCUT2D eigenvalue weighted by atomic mass is 10.1. The van der Waals surface area contributed by atoms with Crippen LogP contribution >= 0.6 is 22.6 Å². The van der Waals surface area contributed by atoms with Crippen molar-refractivity contribution in [2.24, 2.45) is 0 Å². The maximum absolute atomic E-state index is 10.5. The molecular formula is C12H19IO3. The molecule has 1 N–H and O–H groups in total. The lowest BCUT2D eigenvalue weighted by molar-refractivity contribution is -0.139. The summed E-state index contributed by atoms with van der Waals surface area (Å²) < 4.78 is 5.46. The number of aliphatic hydroxyl groups is 1. The first-order valence-electron chi connectivity index (χ1n) is 5.12. The second kappa shape index (κ2) is 7.84. The van der Waals surface area contributed by atoms with Crippen LogP contribution in [0.15, 0.2) is 23.8 Å². The number of esters is 1. The third kappa shape index (κ3) is 8.91. The minimum absolute atomic E-state index is 0.271. The van der Waals surface area contributed by atoms with Gasteiger partial charge >= 0.3 is 5.97 Å². The van der Waals surface area contributed by atoms with Crippen LogP contribution in [0.2, 0.25) is 0 Å². The lowest BCUT2D eigenvalue weighted by Crippen LogP contribution is -2.22. The maximum atomic E-state index is 10.5. The molecular weight excluding hydrogens is 319 g/mol. The molecule has 3 nitrogen and oxygen atoms in total. The molecule has 0 rings (SSSR count). The molecule has 0 saturated heterocycles. The molecule has 0 aliphatic carbocycles. The van der Waals surface area contributed by atoms with Crippen molar-refractivity contribution in [1.82, 2.24) is 0 Å². The van der Waals surface area contributed by atoms with Gasteiger partial charge in [0, 0.05) is 11.4 Å². The Morgan fingerprint density at radius 2 is 2.12 bits per heavy atom. The largest absolute Gasteiger partial charge is 0.462 e. The van der Waals surface area contributed by atoms with E-state index >= 15 is 0 Å². The molecule has 0 aliphatic heterocycles. The van der Waals surface area contributed by atoms with Crippen molar-refractivity contribution in [3.05, 3.63) is 23.8 Å². The number of rotatable bonds is 6. The van der Waals surface area contributed by atoms with E-state index in [1.807, 2.05) is 19.1 Å². The summed E-state index contributed by atoms with van der Waals surface area (Å²) in [6.07, 6.45) is 6.35. The second-order valence-corrected chi connectivity index (χ2v) is 4.71. The van der Waals surface area contributed by atoms with Gasteiger partial charge in [0.05, 0.1) is 5.60 Å². The molecule has 4 heteroatoms. The van der Waals surface area contributed by atoms with Gasteiger partial charge in [-0.05, 0) is 26.3 Å². The lowest BCUT2D eigenvalue weighted by Gasteiger charge is -2.14. The van der Waals surface area contributed by atoms with Crippen LogP contribution in [0.1, 0.15) is 27.2 Å². The van der Waals surface area contributed by atoms with Crippen molar-refractivity contribution >= 4 is 28.6 Å². The van der Waals surface area contributed by atoms with E-state index in [-0.39, 0.29) is 5.97 Å². The molecule has 16 heavy (non-hydrogen) atoms. The zero-order valence-corrected chi connectivity index (χ0v) is 12.2. The highest BCUT2D eigenvalue weighted by molar-refractivity contribution is 14.1. The van der Waals surface area contributed by atoms with Crippen LogP contribution < -0.4 is 0 Å². The summed E-state index contributed by atoms with van der Waals surface area (Å²) in [6.45, 7) is 5.44. The van der Waals surface area contributed by atoms with E-state index in [0.29, 0.717) is 11.0 Å². The van der Waals surface area contributed by atoms with Gasteiger partial charge in [0.1, 0.15) is 6.61 Å². The van der Waals surface area contributed by atoms with E-state index < -0.39 is 5.60 Å². The number of halogens is 1. The molecule has 0 bridgehead atoms. The van der Waals surface area contributed by atoms with Crippen LogP contribution in [0.5, 0.6) is 0 Å². The maximum Gasteiger partial charge on any atom is 0.302 e. The van der Waals surface area contributed by atoms with Crippen molar-refractivity contribution in [3.63, 3.8) is 0 Å². The number of alkyl halides is 1. The topological polar surface area (TPSA) is 46.5 Å². The zero-order valence-electron chi connectivity index (χ0n) is 10.00. The Hall–Kier alpha value is -0.360. The van der Waals surface area contributed by atoms with E-state index in [1.54, 1.807) is 13.0 Å². The normalized spacial score (nSPS) is 16.2. The van der Waals surface area contributed by atoms with Gasteiger partial charge in [0.2, 0.25) is 0 Å². The molecule has 0 aromatic carbocycles. The van der Waals surface area contributed by atoms with E-state index in [9.17, 15) is 9.90 Å². The fourth-order valence-corrected chi connectivity index (χ4v) is 1.18. The number of hydrogen-bond acceptors (Lipinski definition) is 3. The SMILES string of the molecule is CC(=O)OC/C=C(\C)C/C=C/C(C)(O)CI. The Labute approximate surface area is 111 Å². The highest BCUT2D eigenvalue weighted by atomic mass is 127. The van der Waals surface area contributed by atoms with Gasteiger partial charge in [0.15, 0.2) is 0 Å². The summed E-state index contributed by atoms with van der Waals surface area (Å²) in [5.74, 6) is -0.271. The van der Waals surface area contributed by atoms with Crippen LogP contribution in [-0.4, -0.2) is 27.7 Å². The van der Waals surface area contributed by atoms with Crippen molar-refractivity contribution in [2.75, 3.05) is 11.0 Å². The first-order chi connectivity index (χ1) is 7.37. The van der Waals surface area contributed by atoms with Crippen LogP contribution in [-0.2, 0) is 9.53 Å². The highest BCUT2D eigenvalue weighted by Crippen LogP contribution is 2.11. The minimum Gasteiger partial charge on any atom is -0.462 e.